The van der Waals surface area contributed by atoms with Crippen LogP contribution in [-0.4, -0.2) is 61.5 Å². The molecule has 0 aromatic heterocycles. The van der Waals surface area contributed by atoms with Gasteiger partial charge in [-0.15, -0.1) is 12.4 Å². The molecule has 1 aromatic carbocycles. The Morgan fingerprint density at radius 2 is 1.62 bits per heavy atom. The highest BCUT2D eigenvalue weighted by Crippen LogP contribution is 2.13. The van der Waals surface area contributed by atoms with Crippen LogP contribution < -0.4 is 10.6 Å². The number of nitrogens with one attached hydrogen (secondary N) is 2. The summed E-state index contributed by atoms with van der Waals surface area (Å²) in [5, 5.41) is 6.40. The Labute approximate surface area is 163 Å². The molecule has 1 aromatic rings. The van der Waals surface area contributed by atoms with Crippen LogP contribution in [0.1, 0.15) is 30.9 Å². The molecule has 2 heterocycles. The van der Waals surface area contributed by atoms with Gasteiger partial charge in [0.05, 0.1) is 0 Å². The third-order valence-electron chi connectivity index (χ3n) is 5.52. The summed E-state index contributed by atoms with van der Waals surface area (Å²) in [7, 11) is 0. The number of piperidine rings is 1. The lowest BCUT2D eigenvalue weighted by Gasteiger charge is -2.34. The molecule has 0 bridgehead atoms. The number of hydrogen-bond donors (Lipinski definition) is 2. The summed E-state index contributed by atoms with van der Waals surface area (Å²) in [5.41, 5.74) is 2.54. The zero-order valence-electron chi connectivity index (χ0n) is 15.9. The average molecular weight is 381 g/mol. The molecule has 5 nitrogen and oxygen atoms in total. The van der Waals surface area contributed by atoms with Gasteiger partial charge in [-0.05, 0) is 43.6 Å². The summed E-state index contributed by atoms with van der Waals surface area (Å²) in [6, 6.07) is 8.72. The van der Waals surface area contributed by atoms with Crippen molar-refractivity contribution in [3.8, 4) is 0 Å². The number of hydrogen-bond acceptors (Lipinski definition) is 4. The first-order chi connectivity index (χ1) is 12.2. The number of carbonyl (C=O) groups excluding carboxylic acids is 1. The van der Waals surface area contributed by atoms with Crippen LogP contribution in [0.4, 0.5) is 0 Å². The van der Waals surface area contributed by atoms with E-state index >= 15 is 0 Å². The van der Waals surface area contributed by atoms with Crippen LogP contribution in [0.2, 0.25) is 0 Å². The number of nitrogens with zero attached hydrogens (tertiary/aromatic N) is 2. The molecule has 2 aliphatic rings. The summed E-state index contributed by atoms with van der Waals surface area (Å²) in [6.45, 7) is 11.6. The van der Waals surface area contributed by atoms with Crippen molar-refractivity contribution in [3.63, 3.8) is 0 Å². The van der Waals surface area contributed by atoms with Crippen molar-refractivity contribution in [2.75, 3.05) is 45.8 Å². The van der Waals surface area contributed by atoms with Crippen LogP contribution >= 0.6 is 12.4 Å². The van der Waals surface area contributed by atoms with Gasteiger partial charge in [-0.3, -0.25) is 9.69 Å². The first-order valence-corrected chi connectivity index (χ1v) is 9.75. The highest BCUT2D eigenvalue weighted by molar-refractivity contribution is 5.85. The maximum Gasteiger partial charge on any atom is 0.223 e. The molecule has 26 heavy (non-hydrogen) atoms. The van der Waals surface area contributed by atoms with Crippen molar-refractivity contribution in [3.05, 3.63) is 35.4 Å². The molecular formula is C20H33ClN4O. The van der Waals surface area contributed by atoms with E-state index in [0.29, 0.717) is 6.54 Å². The minimum Gasteiger partial charge on any atom is -0.352 e. The van der Waals surface area contributed by atoms with E-state index in [0.717, 1.165) is 52.1 Å². The molecule has 146 valence electrons. The monoisotopic (exact) mass is 380 g/mol. The molecular weight excluding hydrogens is 348 g/mol. The van der Waals surface area contributed by atoms with Crippen molar-refractivity contribution < 1.29 is 4.79 Å². The SMILES string of the molecule is CCN1CCN(Cc2ccc(CNC(=O)C3CCNCC3)cc2)CC1.Cl. The summed E-state index contributed by atoms with van der Waals surface area (Å²) >= 11 is 0. The second-order valence-electron chi connectivity index (χ2n) is 7.27. The van der Waals surface area contributed by atoms with E-state index in [1.54, 1.807) is 0 Å². The Bertz CT molecular complexity index is 537. The smallest absolute Gasteiger partial charge is 0.223 e. The fourth-order valence-corrected chi connectivity index (χ4v) is 3.70. The zero-order chi connectivity index (χ0) is 17.5. The van der Waals surface area contributed by atoms with E-state index in [4.69, 9.17) is 0 Å². The van der Waals surface area contributed by atoms with Crippen LogP contribution in [0.3, 0.4) is 0 Å². The first kappa shape index (κ1) is 21.2. The molecule has 3 rings (SSSR count). The summed E-state index contributed by atoms with van der Waals surface area (Å²) in [4.78, 5) is 17.2. The maximum absolute atomic E-state index is 12.2. The van der Waals surface area contributed by atoms with E-state index in [1.165, 1.54) is 24.2 Å². The predicted molar refractivity (Wildman–Crippen MR) is 109 cm³/mol. The number of likely N-dealkylation sites (N-methyl/N-ethyl adjacent to an activating group) is 1. The molecule has 0 unspecified atom stereocenters. The quantitative estimate of drug-likeness (QED) is 0.790. The van der Waals surface area contributed by atoms with Crippen LogP contribution in [0.25, 0.3) is 0 Å². The average Bonchev–Trinajstić information content (AvgIpc) is 2.68. The van der Waals surface area contributed by atoms with Gasteiger partial charge in [0.25, 0.3) is 0 Å². The minimum absolute atomic E-state index is 0. The van der Waals surface area contributed by atoms with E-state index in [9.17, 15) is 4.79 Å². The normalized spacial score (nSPS) is 19.7. The molecule has 0 atom stereocenters. The lowest BCUT2D eigenvalue weighted by atomic mass is 9.97. The Balaban J connectivity index is 0.00000243. The summed E-state index contributed by atoms with van der Waals surface area (Å²) in [6.07, 6.45) is 1.91. The van der Waals surface area contributed by atoms with E-state index in [1.807, 2.05) is 0 Å². The number of rotatable bonds is 6. The number of halogens is 1. The van der Waals surface area contributed by atoms with Gasteiger partial charge in [-0.2, -0.15) is 0 Å². The fraction of sp³-hybridized carbons (Fsp3) is 0.650. The lowest BCUT2D eigenvalue weighted by Crippen LogP contribution is -2.45. The molecule has 0 aliphatic carbocycles. The molecule has 0 spiro atoms. The van der Waals surface area contributed by atoms with Gasteiger partial charge in [0.2, 0.25) is 5.91 Å². The van der Waals surface area contributed by atoms with Gasteiger partial charge in [-0.1, -0.05) is 31.2 Å². The molecule has 2 N–H and O–H groups in total. The van der Waals surface area contributed by atoms with Gasteiger partial charge in [-0.25, -0.2) is 0 Å². The second kappa shape index (κ2) is 10.9. The van der Waals surface area contributed by atoms with Gasteiger partial charge < -0.3 is 15.5 Å². The Morgan fingerprint density at radius 3 is 2.23 bits per heavy atom. The summed E-state index contributed by atoms with van der Waals surface area (Å²) in [5.74, 6) is 0.390. The highest BCUT2D eigenvalue weighted by atomic mass is 35.5. The molecule has 2 aliphatic heterocycles. The topological polar surface area (TPSA) is 47.6 Å². The van der Waals surface area contributed by atoms with Crippen molar-refractivity contribution in [1.82, 2.24) is 20.4 Å². The maximum atomic E-state index is 12.2. The Morgan fingerprint density at radius 1 is 1.04 bits per heavy atom. The van der Waals surface area contributed by atoms with Gasteiger partial charge in [0.15, 0.2) is 0 Å². The lowest BCUT2D eigenvalue weighted by molar-refractivity contribution is -0.125. The minimum atomic E-state index is 0. The van der Waals surface area contributed by atoms with Crippen molar-refractivity contribution in [1.29, 1.82) is 0 Å². The number of piperazine rings is 1. The highest BCUT2D eigenvalue weighted by Gasteiger charge is 2.20. The van der Waals surface area contributed by atoms with Crippen LogP contribution in [-0.2, 0) is 17.9 Å². The number of amides is 1. The van der Waals surface area contributed by atoms with Crippen LogP contribution in [0.5, 0.6) is 0 Å². The summed E-state index contributed by atoms with van der Waals surface area (Å²) < 4.78 is 0. The zero-order valence-corrected chi connectivity index (χ0v) is 16.7. The molecule has 0 radical (unpaired) electrons. The van der Waals surface area contributed by atoms with Crippen molar-refractivity contribution in [2.24, 2.45) is 5.92 Å². The van der Waals surface area contributed by atoms with E-state index in [-0.39, 0.29) is 24.2 Å². The van der Waals surface area contributed by atoms with Gasteiger partial charge in [0.1, 0.15) is 0 Å². The van der Waals surface area contributed by atoms with Gasteiger partial charge >= 0.3 is 0 Å². The third kappa shape index (κ3) is 6.23. The van der Waals surface area contributed by atoms with Crippen LogP contribution in [0.15, 0.2) is 24.3 Å². The molecule has 2 fully saturated rings. The largest absolute Gasteiger partial charge is 0.352 e. The number of carbonyl (C=O) groups is 1. The number of benzene rings is 1. The molecule has 1 amide bonds. The molecule has 0 saturated carbocycles. The fourth-order valence-electron chi connectivity index (χ4n) is 3.70. The predicted octanol–water partition coefficient (Wildman–Crippen LogP) is 1.86. The second-order valence-corrected chi connectivity index (χ2v) is 7.27. The Hall–Kier alpha value is -1.14. The van der Waals surface area contributed by atoms with Crippen LogP contribution in [0, 0.1) is 5.92 Å². The molecule has 2 saturated heterocycles. The van der Waals surface area contributed by atoms with Gasteiger partial charge in [0, 0.05) is 45.2 Å². The first-order valence-electron chi connectivity index (χ1n) is 9.75. The third-order valence-corrected chi connectivity index (χ3v) is 5.52. The van der Waals surface area contributed by atoms with Crippen molar-refractivity contribution in [2.45, 2.75) is 32.9 Å². The van der Waals surface area contributed by atoms with Crippen molar-refractivity contribution >= 4 is 18.3 Å². The van der Waals surface area contributed by atoms with E-state index in [2.05, 4.69) is 51.6 Å². The standard InChI is InChI=1S/C20H32N4O.ClH/c1-2-23-11-13-24(14-12-23)16-18-5-3-17(4-6-18)15-22-20(25)19-7-9-21-10-8-19;/h3-6,19,21H,2,7-16H2,1H3,(H,22,25);1H. The molecule has 6 heteroatoms. The van der Waals surface area contributed by atoms with E-state index < -0.39 is 0 Å². The Kier molecular flexibility index (Phi) is 8.85.